The molecule has 0 bridgehead atoms. The van der Waals surface area contributed by atoms with Gasteiger partial charge in [-0.25, -0.2) is 9.97 Å². The van der Waals surface area contributed by atoms with Crippen LogP contribution in [0.4, 0.5) is 5.82 Å². The normalized spacial score (nSPS) is 23.3. The summed E-state index contributed by atoms with van der Waals surface area (Å²) in [5, 5.41) is 13.8. The van der Waals surface area contributed by atoms with Gasteiger partial charge in [-0.1, -0.05) is 18.5 Å². The van der Waals surface area contributed by atoms with E-state index < -0.39 is 5.60 Å². The summed E-state index contributed by atoms with van der Waals surface area (Å²) in [6.45, 7) is 5.20. The Morgan fingerprint density at radius 3 is 2.89 bits per heavy atom. The molecule has 0 radical (unpaired) electrons. The zero-order valence-electron chi connectivity index (χ0n) is 10.7. The quantitative estimate of drug-likeness (QED) is 0.814. The number of hydrogen-bond acceptors (Lipinski definition) is 5. The summed E-state index contributed by atoms with van der Waals surface area (Å²) in [5.74, 6) is 1.38. The molecule has 100 valence electrons. The molecule has 1 atom stereocenters. The first-order valence-corrected chi connectivity index (χ1v) is 6.49. The first-order chi connectivity index (χ1) is 8.54. The summed E-state index contributed by atoms with van der Waals surface area (Å²) in [4.78, 5) is 8.56. The number of rotatable bonds is 4. The summed E-state index contributed by atoms with van der Waals surface area (Å²) in [7, 11) is 0. The minimum absolute atomic E-state index is 0.360. The van der Waals surface area contributed by atoms with Crippen LogP contribution in [0.5, 0.6) is 0 Å². The van der Waals surface area contributed by atoms with Crippen LogP contribution < -0.4 is 5.32 Å². The van der Waals surface area contributed by atoms with Crippen molar-refractivity contribution in [1.82, 2.24) is 9.97 Å². The molecule has 2 rings (SSSR count). The molecule has 1 saturated heterocycles. The maximum Gasteiger partial charge on any atom is 0.137 e. The lowest BCUT2D eigenvalue weighted by Crippen LogP contribution is -2.37. The van der Waals surface area contributed by atoms with Crippen LogP contribution in [0.3, 0.4) is 0 Å². The van der Waals surface area contributed by atoms with Gasteiger partial charge in [-0.3, -0.25) is 0 Å². The SMILES string of the molecule is CCc1nc(Cl)c(C)c(NCC2(O)CCOC2)n1. The fraction of sp³-hybridized carbons (Fsp3) is 0.667. The van der Waals surface area contributed by atoms with Crippen LogP contribution in [-0.4, -0.2) is 40.4 Å². The van der Waals surface area contributed by atoms with Gasteiger partial charge < -0.3 is 15.2 Å². The molecule has 2 N–H and O–H groups in total. The minimum atomic E-state index is -0.809. The van der Waals surface area contributed by atoms with Crippen LogP contribution in [0.15, 0.2) is 0 Å². The molecule has 6 heteroatoms. The summed E-state index contributed by atoms with van der Waals surface area (Å²) in [6, 6.07) is 0. The third kappa shape index (κ3) is 2.91. The van der Waals surface area contributed by atoms with Crippen molar-refractivity contribution in [3.8, 4) is 0 Å². The van der Waals surface area contributed by atoms with Crippen molar-refractivity contribution in [2.45, 2.75) is 32.3 Å². The lowest BCUT2D eigenvalue weighted by atomic mass is 10.0. The molecular formula is C12H18ClN3O2. The highest BCUT2D eigenvalue weighted by Crippen LogP contribution is 2.23. The van der Waals surface area contributed by atoms with Crippen LogP contribution in [0.25, 0.3) is 0 Å². The Labute approximate surface area is 112 Å². The first-order valence-electron chi connectivity index (χ1n) is 6.11. The van der Waals surface area contributed by atoms with Gasteiger partial charge in [0, 0.05) is 31.6 Å². The third-order valence-electron chi connectivity index (χ3n) is 3.12. The Hall–Kier alpha value is -0.910. The van der Waals surface area contributed by atoms with Gasteiger partial charge in [0.1, 0.15) is 22.4 Å². The van der Waals surface area contributed by atoms with Crippen LogP contribution in [0.2, 0.25) is 5.15 Å². The van der Waals surface area contributed by atoms with Crippen molar-refractivity contribution in [2.24, 2.45) is 0 Å². The third-order valence-corrected chi connectivity index (χ3v) is 3.48. The van der Waals surface area contributed by atoms with E-state index in [4.69, 9.17) is 16.3 Å². The molecule has 2 heterocycles. The van der Waals surface area contributed by atoms with Crippen LogP contribution >= 0.6 is 11.6 Å². The lowest BCUT2D eigenvalue weighted by Gasteiger charge is -2.21. The van der Waals surface area contributed by atoms with Crippen molar-refractivity contribution in [3.05, 3.63) is 16.5 Å². The molecule has 5 nitrogen and oxygen atoms in total. The number of hydrogen-bond donors (Lipinski definition) is 2. The molecule has 18 heavy (non-hydrogen) atoms. The van der Waals surface area contributed by atoms with E-state index in [1.807, 2.05) is 13.8 Å². The minimum Gasteiger partial charge on any atom is -0.386 e. The van der Waals surface area contributed by atoms with Crippen LogP contribution in [0, 0.1) is 6.92 Å². The predicted molar refractivity (Wildman–Crippen MR) is 70.0 cm³/mol. The molecule has 1 unspecified atom stereocenters. The van der Waals surface area contributed by atoms with Gasteiger partial charge in [0.05, 0.1) is 6.61 Å². The van der Waals surface area contributed by atoms with Gasteiger partial charge >= 0.3 is 0 Å². The zero-order chi connectivity index (χ0) is 13.2. The van der Waals surface area contributed by atoms with Gasteiger partial charge in [0.2, 0.25) is 0 Å². The number of ether oxygens (including phenoxy) is 1. The Bertz CT molecular complexity index is 434. The average molecular weight is 272 g/mol. The smallest absolute Gasteiger partial charge is 0.137 e. The number of nitrogens with one attached hydrogen (secondary N) is 1. The summed E-state index contributed by atoms with van der Waals surface area (Å²) in [5.41, 5.74) is -0.00708. The zero-order valence-corrected chi connectivity index (χ0v) is 11.4. The number of anilines is 1. The van der Waals surface area contributed by atoms with Crippen molar-refractivity contribution in [2.75, 3.05) is 25.1 Å². The lowest BCUT2D eigenvalue weighted by molar-refractivity contribution is 0.0381. The maximum absolute atomic E-state index is 10.2. The highest BCUT2D eigenvalue weighted by atomic mass is 35.5. The van der Waals surface area contributed by atoms with E-state index in [2.05, 4.69) is 15.3 Å². The molecule has 0 amide bonds. The number of aliphatic hydroxyl groups is 1. The van der Waals surface area contributed by atoms with E-state index in [0.29, 0.717) is 43.0 Å². The number of nitrogens with zero attached hydrogens (tertiary/aromatic N) is 2. The molecule has 0 saturated carbocycles. The molecular weight excluding hydrogens is 254 g/mol. The maximum atomic E-state index is 10.2. The number of aryl methyl sites for hydroxylation is 1. The van der Waals surface area contributed by atoms with E-state index in [-0.39, 0.29) is 0 Å². The second-order valence-corrected chi connectivity index (χ2v) is 5.00. The second-order valence-electron chi connectivity index (χ2n) is 4.64. The van der Waals surface area contributed by atoms with Crippen molar-refractivity contribution >= 4 is 17.4 Å². The van der Waals surface area contributed by atoms with Gasteiger partial charge in [0.25, 0.3) is 0 Å². The molecule has 1 aromatic heterocycles. The van der Waals surface area contributed by atoms with Crippen molar-refractivity contribution in [1.29, 1.82) is 0 Å². The molecule has 0 spiro atoms. The Morgan fingerprint density at radius 2 is 2.28 bits per heavy atom. The fourth-order valence-electron chi connectivity index (χ4n) is 1.85. The van der Waals surface area contributed by atoms with Crippen LogP contribution in [-0.2, 0) is 11.2 Å². The highest BCUT2D eigenvalue weighted by Gasteiger charge is 2.32. The Balaban J connectivity index is 2.11. The summed E-state index contributed by atoms with van der Waals surface area (Å²) < 4.78 is 5.20. The topological polar surface area (TPSA) is 67.3 Å². The molecule has 1 fully saturated rings. The molecule has 0 aliphatic carbocycles. The first kappa shape index (κ1) is 13.5. The molecule has 1 aliphatic heterocycles. The van der Waals surface area contributed by atoms with Gasteiger partial charge in [-0.05, 0) is 6.92 Å². The second kappa shape index (κ2) is 5.38. The van der Waals surface area contributed by atoms with E-state index in [9.17, 15) is 5.11 Å². The summed E-state index contributed by atoms with van der Waals surface area (Å²) in [6.07, 6.45) is 1.36. The monoisotopic (exact) mass is 271 g/mol. The van der Waals surface area contributed by atoms with Gasteiger partial charge in [-0.2, -0.15) is 0 Å². The largest absolute Gasteiger partial charge is 0.386 e. The van der Waals surface area contributed by atoms with Gasteiger partial charge in [-0.15, -0.1) is 0 Å². The van der Waals surface area contributed by atoms with Crippen molar-refractivity contribution < 1.29 is 9.84 Å². The number of halogens is 1. The highest BCUT2D eigenvalue weighted by molar-refractivity contribution is 6.30. The Morgan fingerprint density at radius 1 is 1.50 bits per heavy atom. The predicted octanol–water partition coefficient (Wildman–Crippen LogP) is 1.56. The van der Waals surface area contributed by atoms with E-state index in [1.165, 1.54) is 0 Å². The van der Waals surface area contributed by atoms with E-state index >= 15 is 0 Å². The van der Waals surface area contributed by atoms with Crippen molar-refractivity contribution in [3.63, 3.8) is 0 Å². The molecule has 0 aromatic carbocycles. The molecule has 1 aliphatic rings. The summed E-state index contributed by atoms with van der Waals surface area (Å²) >= 11 is 6.05. The van der Waals surface area contributed by atoms with E-state index in [0.717, 1.165) is 12.0 Å². The van der Waals surface area contributed by atoms with E-state index in [1.54, 1.807) is 0 Å². The Kier molecular flexibility index (Phi) is 4.04. The number of aromatic nitrogens is 2. The standard InChI is InChI=1S/C12H18ClN3O2/c1-3-9-15-10(13)8(2)11(16-9)14-6-12(17)4-5-18-7-12/h17H,3-7H2,1-2H3,(H,14,15,16). The van der Waals surface area contributed by atoms with Crippen LogP contribution in [0.1, 0.15) is 24.7 Å². The van der Waals surface area contributed by atoms with Gasteiger partial charge in [0.15, 0.2) is 0 Å². The molecule has 1 aromatic rings. The average Bonchev–Trinajstić information content (AvgIpc) is 2.78. The fourth-order valence-corrected chi connectivity index (χ4v) is 2.03.